The van der Waals surface area contributed by atoms with Crippen LogP contribution >= 0.6 is 22.6 Å². The quantitative estimate of drug-likeness (QED) is 0.847. The summed E-state index contributed by atoms with van der Waals surface area (Å²) in [4.78, 5) is 9.03. The molecule has 1 aromatic heterocycles. The Morgan fingerprint density at radius 1 is 1.27 bits per heavy atom. The van der Waals surface area contributed by atoms with Gasteiger partial charge in [0.1, 0.15) is 11.6 Å². The number of anilines is 1. The Labute approximate surface area is 105 Å². The Kier molecular flexibility index (Phi) is 5.28. The molecule has 0 unspecified atom stereocenters. The van der Waals surface area contributed by atoms with Crippen molar-refractivity contribution in [2.45, 2.75) is 40.0 Å². The lowest BCUT2D eigenvalue weighted by Crippen LogP contribution is -2.08. The molecule has 15 heavy (non-hydrogen) atoms. The molecule has 0 atom stereocenters. The molecule has 0 aromatic carbocycles. The van der Waals surface area contributed by atoms with Crippen LogP contribution < -0.4 is 5.32 Å². The lowest BCUT2D eigenvalue weighted by molar-refractivity contribution is 0.747. The van der Waals surface area contributed by atoms with Gasteiger partial charge in [-0.1, -0.05) is 13.3 Å². The fourth-order valence-corrected chi connectivity index (χ4v) is 1.78. The SMILES string of the molecule is CCCCc1nc(C)c(I)c(NCC)n1. The summed E-state index contributed by atoms with van der Waals surface area (Å²) in [6.07, 6.45) is 3.32. The van der Waals surface area contributed by atoms with E-state index in [1.165, 1.54) is 6.42 Å². The molecule has 0 spiro atoms. The minimum absolute atomic E-state index is 0.902. The topological polar surface area (TPSA) is 37.8 Å². The van der Waals surface area contributed by atoms with Gasteiger partial charge in [-0.3, -0.25) is 0 Å². The maximum Gasteiger partial charge on any atom is 0.143 e. The molecule has 0 aliphatic rings. The van der Waals surface area contributed by atoms with Gasteiger partial charge < -0.3 is 5.32 Å². The average Bonchev–Trinajstić information content (AvgIpc) is 2.22. The highest BCUT2D eigenvalue weighted by atomic mass is 127. The lowest BCUT2D eigenvalue weighted by Gasteiger charge is -2.09. The standard InChI is InChI=1S/C11H18IN3/c1-4-6-7-9-14-8(3)10(12)11(15-9)13-5-2/h4-7H2,1-3H3,(H,13,14,15). The van der Waals surface area contributed by atoms with E-state index in [1.807, 2.05) is 6.92 Å². The molecule has 4 heteroatoms. The van der Waals surface area contributed by atoms with Crippen LogP contribution in [0.2, 0.25) is 0 Å². The molecule has 0 amide bonds. The minimum atomic E-state index is 0.902. The molecule has 84 valence electrons. The summed E-state index contributed by atoms with van der Waals surface area (Å²) in [5, 5.41) is 3.27. The van der Waals surface area contributed by atoms with Gasteiger partial charge in [0.2, 0.25) is 0 Å². The Balaban J connectivity index is 2.90. The fraction of sp³-hybridized carbons (Fsp3) is 0.636. The van der Waals surface area contributed by atoms with Crippen molar-refractivity contribution in [1.29, 1.82) is 0 Å². The third-order valence-electron chi connectivity index (χ3n) is 2.16. The van der Waals surface area contributed by atoms with Crippen LogP contribution in [0.1, 0.15) is 38.2 Å². The lowest BCUT2D eigenvalue weighted by atomic mass is 10.2. The van der Waals surface area contributed by atoms with Crippen molar-refractivity contribution in [3.8, 4) is 0 Å². The van der Waals surface area contributed by atoms with Crippen molar-refractivity contribution in [1.82, 2.24) is 9.97 Å². The van der Waals surface area contributed by atoms with Gasteiger partial charge in [-0.2, -0.15) is 0 Å². The first kappa shape index (κ1) is 12.7. The second-order valence-corrected chi connectivity index (χ2v) is 4.60. The van der Waals surface area contributed by atoms with Crippen LogP contribution in [0.3, 0.4) is 0 Å². The number of hydrogen-bond acceptors (Lipinski definition) is 3. The van der Waals surface area contributed by atoms with Gasteiger partial charge in [-0.05, 0) is 42.9 Å². The molecule has 0 aliphatic carbocycles. The number of nitrogens with zero attached hydrogens (tertiary/aromatic N) is 2. The monoisotopic (exact) mass is 319 g/mol. The van der Waals surface area contributed by atoms with Crippen molar-refractivity contribution >= 4 is 28.4 Å². The van der Waals surface area contributed by atoms with Crippen LogP contribution in [-0.2, 0) is 6.42 Å². The van der Waals surface area contributed by atoms with E-state index in [0.717, 1.165) is 40.3 Å². The number of unbranched alkanes of at least 4 members (excludes halogenated alkanes) is 1. The van der Waals surface area contributed by atoms with Crippen LogP contribution in [0.15, 0.2) is 0 Å². The first-order valence-corrected chi connectivity index (χ1v) is 6.53. The highest BCUT2D eigenvalue weighted by Gasteiger charge is 2.07. The van der Waals surface area contributed by atoms with E-state index in [4.69, 9.17) is 0 Å². The van der Waals surface area contributed by atoms with Gasteiger partial charge in [-0.15, -0.1) is 0 Å². The van der Waals surface area contributed by atoms with Crippen LogP contribution in [0.5, 0.6) is 0 Å². The number of hydrogen-bond donors (Lipinski definition) is 1. The second kappa shape index (κ2) is 6.25. The molecule has 0 bridgehead atoms. The van der Waals surface area contributed by atoms with Gasteiger partial charge >= 0.3 is 0 Å². The van der Waals surface area contributed by atoms with Gasteiger partial charge in [0, 0.05) is 13.0 Å². The van der Waals surface area contributed by atoms with Crippen LogP contribution in [0.25, 0.3) is 0 Å². The molecule has 1 aromatic rings. The van der Waals surface area contributed by atoms with Gasteiger partial charge in [-0.25, -0.2) is 9.97 Å². The maximum absolute atomic E-state index is 4.53. The van der Waals surface area contributed by atoms with E-state index in [-0.39, 0.29) is 0 Å². The van der Waals surface area contributed by atoms with Crippen molar-refractivity contribution in [2.24, 2.45) is 0 Å². The molecular formula is C11H18IN3. The summed E-state index contributed by atoms with van der Waals surface area (Å²) in [5.41, 5.74) is 1.08. The fourth-order valence-electron chi connectivity index (χ4n) is 1.35. The predicted molar refractivity (Wildman–Crippen MR) is 72.3 cm³/mol. The summed E-state index contributed by atoms with van der Waals surface area (Å²) >= 11 is 2.30. The van der Waals surface area contributed by atoms with Crippen LogP contribution in [0, 0.1) is 10.5 Å². The summed E-state index contributed by atoms with van der Waals surface area (Å²) in [6.45, 7) is 7.21. The molecule has 1 N–H and O–H groups in total. The van der Waals surface area contributed by atoms with Crippen LogP contribution in [0.4, 0.5) is 5.82 Å². The van der Waals surface area contributed by atoms with Gasteiger partial charge in [0.25, 0.3) is 0 Å². The van der Waals surface area contributed by atoms with Crippen LogP contribution in [-0.4, -0.2) is 16.5 Å². The molecule has 1 heterocycles. The van der Waals surface area contributed by atoms with Crippen molar-refractivity contribution < 1.29 is 0 Å². The molecule has 0 aliphatic heterocycles. The summed E-state index contributed by atoms with van der Waals surface area (Å²) in [5.74, 6) is 1.95. The molecule has 3 nitrogen and oxygen atoms in total. The van der Waals surface area contributed by atoms with E-state index in [0.29, 0.717) is 0 Å². The third-order valence-corrected chi connectivity index (χ3v) is 3.45. The zero-order valence-corrected chi connectivity index (χ0v) is 11.8. The summed E-state index contributed by atoms with van der Waals surface area (Å²) in [7, 11) is 0. The summed E-state index contributed by atoms with van der Waals surface area (Å²) in [6, 6.07) is 0. The minimum Gasteiger partial charge on any atom is -0.369 e. The third kappa shape index (κ3) is 3.59. The van der Waals surface area contributed by atoms with Gasteiger partial charge in [0.05, 0.1) is 9.26 Å². The van der Waals surface area contributed by atoms with E-state index < -0.39 is 0 Å². The average molecular weight is 319 g/mol. The van der Waals surface area contributed by atoms with Gasteiger partial charge in [0.15, 0.2) is 0 Å². The predicted octanol–water partition coefficient (Wildman–Crippen LogP) is 3.16. The smallest absolute Gasteiger partial charge is 0.143 e. The first-order chi connectivity index (χ1) is 7.19. The number of nitrogens with one attached hydrogen (secondary N) is 1. The molecule has 1 rings (SSSR count). The largest absolute Gasteiger partial charge is 0.369 e. The normalized spacial score (nSPS) is 10.4. The van der Waals surface area contributed by atoms with Crippen molar-refractivity contribution in [2.75, 3.05) is 11.9 Å². The number of halogens is 1. The number of aryl methyl sites for hydroxylation is 2. The zero-order valence-electron chi connectivity index (χ0n) is 9.60. The van der Waals surface area contributed by atoms with E-state index in [2.05, 4.69) is 51.7 Å². The second-order valence-electron chi connectivity index (χ2n) is 3.52. The van der Waals surface area contributed by atoms with E-state index in [1.54, 1.807) is 0 Å². The zero-order chi connectivity index (χ0) is 11.3. The highest BCUT2D eigenvalue weighted by Crippen LogP contribution is 2.18. The maximum atomic E-state index is 4.53. The van der Waals surface area contributed by atoms with E-state index in [9.17, 15) is 0 Å². The molecule has 0 saturated carbocycles. The Morgan fingerprint density at radius 3 is 2.60 bits per heavy atom. The molecule has 0 fully saturated rings. The van der Waals surface area contributed by atoms with Crippen molar-refractivity contribution in [3.63, 3.8) is 0 Å². The Hall–Kier alpha value is -0.390. The van der Waals surface area contributed by atoms with Crippen molar-refractivity contribution in [3.05, 3.63) is 15.1 Å². The van der Waals surface area contributed by atoms with E-state index >= 15 is 0 Å². The summed E-state index contributed by atoms with van der Waals surface area (Å²) < 4.78 is 1.13. The Morgan fingerprint density at radius 2 is 2.00 bits per heavy atom. The Bertz CT molecular complexity index is 326. The molecule has 0 radical (unpaired) electrons. The molecule has 0 saturated heterocycles. The number of rotatable bonds is 5. The number of aromatic nitrogens is 2. The molecular weight excluding hydrogens is 301 g/mol. The first-order valence-electron chi connectivity index (χ1n) is 5.45. The highest BCUT2D eigenvalue weighted by molar-refractivity contribution is 14.1.